The van der Waals surface area contributed by atoms with E-state index in [1.54, 1.807) is 6.33 Å². The molecule has 0 spiro atoms. The van der Waals surface area contributed by atoms with Crippen molar-refractivity contribution in [3.8, 4) is 0 Å². The maximum absolute atomic E-state index is 9.60. The molecule has 5 rings (SSSR count). The fourth-order valence-electron chi connectivity index (χ4n) is 4.27. The first-order valence-electron chi connectivity index (χ1n) is 14.1. The summed E-state index contributed by atoms with van der Waals surface area (Å²) in [7, 11) is 4.13. The molecule has 40 heavy (non-hydrogen) atoms. The number of hydrogen-bond donors (Lipinski definition) is 2. The van der Waals surface area contributed by atoms with Gasteiger partial charge in [-0.25, -0.2) is 4.98 Å². The number of hydrogen-bond acceptors (Lipinski definition) is 7. The second-order valence-corrected chi connectivity index (χ2v) is 10.8. The van der Waals surface area contributed by atoms with E-state index in [0.717, 1.165) is 42.0 Å². The highest BCUT2D eigenvalue weighted by molar-refractivity contribution is 5.88. The molecule has 218 valence electrons. The van der Waals surface area contributed by atoms with E-state index >= 15 is 0 Å². The zero-order valence-corrected chi connectivity index (χ0v) is 25.6. The number of rotatable bonds is 3. The first kappa shape index (κ1) is 32.9. The number of pyridine rings is 1. The number of carbonyl (C=O) groups excluding carboxylic acids is 1. The predicted molar refractivity (Wildman–Crippen MR) is 165 cm³/mol. The minimum Gasteiger partial charge on any atom is -0.462 e. The number of carbonyl (C=O) groups is 1. The smallest absolute Gasteiger partial charge is 0.293 e. The van der Waals surface area contributed by atoms with E-state index in [1.165, 1.54) is 29.8 Å². The van der Waals surface area contributed by atoms with Gasteiger partial charge in [-0.05, 0) is 69.1 Å². The van der Waals surface area contributed by atoms with Crippen LogP contribution in [-0.2, 0) is 23.0 Å². The van der Waals surface area contributed by atoms with Crippen LogP contribution in [-0.4, -0.2) is 64.7 Å². The molecule has 0 radical (unpaired) electrons. The summed E-state index contributed by atoms with van der Waals surface area (Å²) in [4.78, 5) is 20.7. The fourth-order valence-corrected chi connectivity index (χ4v) is 4.27. The molecule has 1 aromatic carbocycles. The monoisotopic (exact) mass is 548 g/mol. The maximum atomic E-state index is 9.60. The first-order valence-corrected chi connectivity index (χ1v) is 14.1. The number of likely N-dealkylation sites (N-methyl/N-ethyl adjacent to an activating group) is 1. The van der Waals surface area contributed by atoms with Crippen LogP contribution in [0.4, 0.5) is 0 Å². The van der Waals surface area contributed by atoms with Crippen molar-refractivity contribution in [1.82, 2.24) is 24.8 Å². The Kier molecular flexibility index (Phi) is 13.2. The molecular weight excluding hydrogens is 500 g/mol. The number of nitrogens with one attached hydrogen (secondary N) is 1. The first-order chi connectivity index (χ1) is 19.1. The van der Waals surface area contributed by atoms with Crippen molar-refractivity contribution < 1.29 is 9.53 Å². The molecule has 3 N–H and O–H groups in total. The Morgan fingerprint density at radius 2 is 1.82 bits per heavy atom. The van der Waals surface area contributed by atoms with Crippen LogP contribution in [0, 0.1) is 6.92 Å². The van der Waals surface area contributed by atoms with Gasteiger partial charge in [0.25, 0.3) is 6.47 Å². The van der Waals surface area contributed by atoms with Crippen LogP contribution in [0.5, 0.6) is 0 Å². The SMILES string of the molecule is CC.CC(C)(C)OC=O.CN1CCNCC1.Cc1ccc2c(c1)C(C(N)c1cncn1C)=Cc1cccnc1C2. The second kappa shape index (κ2) is 16.1. The van der Waals surface area contributed by atoms with Crippen molar-refractivity contribution in [2.24, 2.45) is 12.8 Å². The van der Waals surface area contributed by atoms with Crippen molar-refractivity contribution >= 4 is 18.1 Å². The van der Waals surface area contributed by atoms with Gasteiger partial charge in [0.15, 0.2) is 0 Å². The summed E-state index contributed by atoms with van der Waals surface area (Å²) < 4.78 is 6.53. The topological polar surface area (TPSA) is 98.3 Å². The highest BCUT2D eigenvalue weighted by Crippen LogP contribution is 2.36. The van der Waals surface area contributed by atoms with Gasteiger partial charge in [-0.3, -0.25) is 9.78 Å². The lowest BCUT2D eigenvalue weighted by molar-refractivity contribution is -0.138. The van der Waals surface area contributed by atoms with Crippen molar-refractivity contribution in [2.45, 2.75) is 59.6 Å². The van der Waals surface area contributed by atoms with Crippen molar-refractivity contribution in [3.05, 3.63) is 82.7 Å². The number of aromatic nitrogens is 3. The molecule has 8 heteroatoms. The van der Waals surface area contributed by atoms with Gasteiger partial charge in [0.1, 0.15) is 5.60 Å². The minimum atomic E-state index is -0.318. The standard InChI is InChI=1S/C20H20N4.C5H12N2.C5H10O2.C2H6/c1-13-5-6-14-10-18-15(4-3-7-23-18)9-17(16(14)8-13)20(21)19-11-22-12-24(19)2;1-7-4-2-6-3-5-7;1-5(2,3)7-4-6;1-2/h3-9,11-12,20H,10,21H2,1-2H3;6H,2-5H2,1H3;4H,1-3H3;1-2H3. The lowest BCUT2D eigenvalue weighted by atomic mass is 9.91. The number of nitrogens with two attached hydrogens (primary N) is 1. The molecule has 1 fully saturated rings. The lowest BCUT2D eigenvalue weighted by Gasteiger charge is -2.21. The molecule has 0 saturated carbocycles. The van der Waals surface area contributed by atoms with Crippen LogP contribution < -0.4 is 11.1 Å². The molecule has 1 unspecified atom stereocenters. The number of imidazole rings is 1. The van der Waals surface area contributed by atoms with Gasteiger partial charge in [-0.1, -0.05) is 43.7 Å². The summed E-state index contributed by atoms with van der Waals surface area (Å²) in [6.07, 6.45) is 8.50. The molecule has 1 atom stereocenters. The van der Waals surface area contributed by atoms with E-state index in [4.69, 9.17) is 5.73 Å². The summed E-state index contributed by atoms with van der Waals surface area (Å²) in [5.74, 6) is 0. The van der Waals surface area contributed by atoms with Gasteiger partial charge in [-0.15, -0.1) is 0 Å². The normalized spacial score (nSPS) is 15.1. The second-order valence-electron chi connectivity index (χ2n) is 10.8. The summed E-state index contributed by atoms with van der Waals surface area (Å²) in [5, 5.41) is 3.27. The van der Waals surface area contributed by atoms with E-state index < -0.39 is 0 Å². The molecular formula is C32H48N6O2. The van der Waals surface area contributed by atoms with Gasteiger partial charge in [0.05, 0.1) is 30.0 Å². The summed E-state index contributed by atoms with van der Waals surface area (Å²) in [6, 6.07) is 10.4. The Morgan fingerprint density at radius 1 is 1.12 bits per heavy atom. The minimum absolute atomic E-state index is 0.232. The number of aryl methyl sites for hydroxylation is 2. The zero-order chi connectivity index (χ0) is 29.7. The van der Waals surface area contributed by atoms with Crippen LogP contribution >= 0.6 is 0 Å². The Morgan fingerprint density at radius 3 is 2.35 bits per heavy atom. The Labute approximate surface area is 240 Å². The maximum Gasteiger partial charge on any atom is 0.293 e. The Balaban J connectivity index is 0.000000288. The van der Waals surface area contributed by atoms with Gasteiger partial charge in [0.2, 0.25) is 0 Å². The Hall–Kier alpha value is -3.33. The molecule has 3 heterocycles. The molecule has 0 bridgehead atoms. The predicted octanol–water partition coefficient (Wildman–Crippen LogP) is 4.77. The fraction of sp³-hybridized carbons (Fsp3) is 0.469. The van der Waals surface area contributed by atoms with Gasteiger partial charge >= 0.3 is 0 Å². The average molecular weight is 549 g/mol. The number of benzene rings is 1. The number of nitrogens with zero attached hydrogens (tertiary/aromatic N) is 4. The highest BCUT2D eigenvalue weighted by Gasteiger charge is 2.23. The molecule has 8 nitrogen and oxygen atoms in total. The van der Waals surface area contributed by atoms with E-state index in [-0.39, 0.29) is 11.6 Å². The molecule has 3 aromatic rings. The molecule has 1 aliphatic carbocycles. The number of piperazine rings is 1. The molecule has 2 aliphatic rings. The van der Waals surface area contributed by atoms with E-state index in [2.05, 4.69) is 69.2 Å². The van der Waals surface area contributed by atoms with Gasteiger partial charge in [-0.2, -0.15) is 0 Å². The van der Waals surface area contributed by atoms with Crippen LogP contribution in [0.25, 0.3) is 11.6 Å². The van der Waals surface area contributed by atoms with E-state index in [9.17, 15) is 4.79 Å². The van der Waals surface area contributed by atoms with Gasteiger partial charge in [0, 0.05) is 45.8 Å². The summed E-state index contributed by atoms with van der Waals surface area (Å²) in [6.45, 7) is 16.8. The highest BCUT2D eigenvalue weighted by atomic mass is 16.5. The lowest BCUT2D eigenvalue weighted by Crippen LogP contribution is -2.40. The van der Waals surface area contributed by atoms with Crippen LogP contribution in [0.2, 0.25) is 0 Å². The number of fused-ring (bicyclic) bond motifs is 2. The van der Waals surface area contributed by atoms with E-state index in [0.29, 0.717) is 6.47 Å². The molecule has 1 saturated heterocycles. The summed E-state index contributed by atoms with van der Waals surface area (Å²) in [5.41, 5.74) is 14.4. The molecule has 1 aliphatic heterocycles. The van der Waals surface area contributed by atoms with Crippen molar-refractivity contribution in [2.75, 3.05) is 33.2 Å². The third-order valence-corrected chi connectivity index (χ3v) is 6.42. The Bertz CT molecular complexity index is 1220. The average Bonchev–Trinajstić information content (AvgIpc) is 3.28. The third-order valence-electron chi connectivity index (χ3n) is 6.42. The van der Waals surface area contributed by atoms with Crippen LogP contribution in [0.15, 0.2) is 49.1 Å². The van der Waals surface area contributed by atoms with E-state index in [1.807, 2.05) is 64.7 Å². The number of ether oxygens (including phenoxy) is 1. The van der Waals surface area contributed by atoms with Crippen molar-refractivity contribution in [3.63, 3.8) is 0 Å². The quantitative estimate of drug-likeness (QED) is 0.455. The zero-order valence-electron chi connectivity index (χ0n) is 25.6. The van der Waals surface area contributed by atoms with Crippen LogP contribution in [0.3, 0.4) is 0 Å². The summed E-state index contributed by atoms with van der Waals surface area (Å²) >= 11 is 0. The molecule has 0 amide bonds. The van der Waals surface area contributed by atoms with Crippen molar-refractivity contribution in [1.29, 1.82) is 0 Å². The van der Waals surface area contributed by atoms with Gasteiger partial charge < -0.3 is 25.3 Å². The third kappa shape index (κ3) is 10.0. The van der Waals surface area contributed by atoms with Crippen LogP contribution in [0.1, 0.15) is 74.3 Å². The largest absolute Gasteiger partial charge is 0.462 e. The molecule has 2 aromatic heterocycles.